The molecule has 1 rings (SSSR count). The van der Waals surface area contributed by atoms with Gasteiger partial charge in [-0.25, -0.2) is 4.79 Å². The molecule has 0 spiro atoms. The van der Waals surface area contributed by atoms with Crippen LogP contribution in [0.5, 0.6) is 0 Å². The molecule has 3 N–H and O–H groups in total. The highest BCUT2D eigenvalue weighted by Crippen LogP contribution is 2.00. The Labute approximate surface area is 90.9 Å². The van der Waals surface area contributed by atoms with Crippen LogP contribution in [0.2, 0.25) is 0 Å². The zero-order valence-corrected chi connectivity index (χ0v) is 9.37. The molecular formula is C10H21N3O2. The van der Waals surface area contributed by atoms with Crippen molar-refractivity contribution >= 4 is 6.03 Å². The van der Waals surface area contributed by atoms with E-state index in [1.165, 1.54) is 0 Å². The Kier molecular flexibility index (Phi) is 5.42. The van der Waals surface area contributed by atoms with Crippen LogP contribution in [0.15, 0.2) is 0 Å². The second-order valence-electron chi connectivity index (χ2n) is 3.77. The number of carbonyl (C=O) groups excluding carboxylic acids is 1. The monoisotopic (exact) mass is 215 g/mol. The number of urea groups is 1. The maximum Gasteiger partial charge on any atom is 0.317 e. The fraction of sp³-hybridized carbons (Fsp3) is 0.900. The second kappa shape index (κ2) is 6.63. The molecule has 0 aliphatic carbocycles. The topological polar surface area (TPSA) is 67.6 Å². The number of hydrogen-bond donors (Lipinski definition) is 2. The predicted molar refractivity (Wildman–Crippen MR) is 58.7 cm³/mol. The van der Waals surface area contributed by atoms with E-state index >= 15 is 0 Å². The van der Waals surface area contributed by atoms with Gasteiger partial charge in [0, 0.05) is 25.7 Å². The summed E-state index contributed by atoms with van der Waals surface area (Å²) < 4.78 is 5.18. The van der Waals surface area contributed by atoms with Crippen molar-refractivity contribution in [1.82, 2.24) is 10.2 Å². The molecule has 1 aliphatic rings. The number of rotatable bonds is 4. The summed E-state index contributed by atoms with van der Waals surface area (Å²) in [7, 11) is 0. The van der Waals surface area contributed by atoms with Crippen molar-refractivity contribution in [3.63, 3.8) is 0 Å². The third-order valence-corrected chi connectivity index (χ3v) is 2.55. The molecule has 15 heavy (non-hydrogen) atoms. The molecular weight excluding hydrogens is 194 g/mol. The summed E-state index contributed by atoms with van der Waals surface area (Å²) in [5.74, 6) is 0. The molecule has 0 aromatic heterocycles. The summed E-state index contributed by atoms with van der Waals surface area (Å²) in [5, 5.41) is 2.94. The van der Waals surface area contributed by atoms with Gasteiger partial charge in [-0.2, -0.15) is 0 Å². The molecule has 5 heteroatoms. The van der Waals surface area contributed by atoms with Gasteiger partial charge in [0.05, 0.1) is 13.2 Å². The standard InChI is InChI=1S/C10H21N3O2/c1-2-3-9(8-11)12-10(14)13-4-6-15-7-5-13/h9H,2-8,11H2,1H3,(H,12,14). The van der Waals surface area contributed by atoms with Crippen LogP contribution in [0.25, 0.3) is 0 Å². The first-order chi connectivity index (χ1) is 7.27. The average Bonchev–Trinajstić information content (AvgIpc) is 2.29. The highest BCUT2D eigenvalue weighted by molar-refractivity contribution is 5.74. The van der Waals surface area contributed by atoms with Crippen LogP contribution >= 0.6 is 0 Å². The largest absolute Gasteiger partial charge is 0.378 e. The first-order valence-electron chi connectivity index (χ1n) is 5.61. The van der Waals surface area contributed by atoms with Crippen molar-refractivity contribution in [2.75, 3.05) is 32.8 Å². The molecule has 1 atom stereocenters. The SMILES string of the molecule is CCCC(CN)NC(=O)N1CCOCC1. The Morgan fingerprint density at radius 2 is 2.20 bits per heavy atom. The van der Waals surface area contributed by atoms with Crippen molar-refractivity contribution in [2.45, 2.75) is 25.8 Å². The highest BCUT2D eigenvalue weighted by atomic mass is 16.5. The molecule has 1 aliphatic heterocycles. The molecule has 1 fully saturated rings. The number of carbonyl (C=O) groups is 1. The molecule has 5 nitrogen and oxygen atoms in total. The van der Waals surface area contributed by atoms with Crippen LogP contribution in [-0.2, 0) is 4.74 Å². The van der Waals surface area contributed by atoms with Crippen LogP contribution in [0.4, 0.5) is 4.79 Å². The average molecular weight is 215 g/mol. The van der Waals surface area contributed by atoms with Gasteiger partial charge < -0.3 is 20.7 Å². The summed E-state index contributed by atoms with van der Waals surface area (Å²) in [5.41, 5.74) is 5.58. The van der Waals surface area contributed by atoms with Gasteiger partial charge in [-0.15, -0.1) is 0 Å². The number of nitrogens with two attached hydrogens (primary N) is 1. The van der Waals surface area contributed by atoms with Crippen LogP contribution in [0.1, 0.15) is 19.8 Å². The number of morpholine rings is 1. The van der Waals surface area contributed by atoms with Crippen LogP contribution < -0.4 is 11.1 Å². The van der Waals surface area contributed by atoms with Crippen molar-refractivity contribution < 1.29 is 9.53 Å². The molecule has 1 saturated heterocycles. The number of ether oxygens (including phenoxy) is 1. The number of hydrogen-bond acceptors (Lipinski definition) is 3. The van der Waals surface area contributed by atoms with Gasteiger partial charge in [-0.05, 0) is 6.42 Å². The maximum atomic E-state index is 11.7. The van der Waals surface area contributed by atoms with Crippen molar-refractivity contribution in [3.8, 4) is 0 Å². The first-order valence-corrected chi connectivity index (χ1v) is 5.61. The lowest BCUT2D eigenvalue weighted by Gasteiger charge is -2.29. The van der Waals surface area contributed by atoms with Crippen LogP contribution in [-0.4, -0.2) is 49.8 Å². The van der Waals surface area contributed by atoms with Crippen LogP contribution in [0, 0.1) is 0 Å². The molecule has 1 unspecified atom stereocenters. The van der Waals surface area contributed by atoms with Crippen molar-refractivity contribution in [2.24, 2.45) is 5.73 Å². The Morgan fingerprint density at radius 1 is 1.53 bits per heavy atom. The molecule has 0 aromatic carbocycles. The smallest absolute Gasteiger partial charge is 0.317 e. The van der Waals surface area contributed by atoms with Gasteiger partial charge in [0.15, 0.2) is 0 Å². The van der Waals surface area contributed by atoms with Gasteiger partial charge in [-0.3, -0.25) is 0 Å². The van der Waals surface area contributed by atoms with Gasteiger partial charge in [-0.1, -0.05) is 13.3 Å². The molecule has 0 radical (unpaired) electrons. The fourth-order valence-corrected chi connectivity index (χ4v) is 1.63. The Bertz CT molecular complexity index is 193. The predicted octanol–water partition coefficient (Wildman–Crippen LogP) is 0.156. The first kappa shape index (κ1) is 12.3. The minimum Gasteiger partial charge on any atom is -0.378 e. The zero-order valence-electron chi connectivity index (χ0n) is 9.37. The minimum atomic E-state index is -0.0119. The van der Waals surface area contributed by atoms with E-state index in [2.05, 4.69) is 12.2 Å². The number of nitrogens with zero attached hydrogens (tertiary/aromatic N) is 1. The second-order valence-corrected chi connectivity index (χ2v) is 3.77. The van der Waals surface area contributed by atoms with Gasteiger partial charge in [0.2, 0.25) is 0 Å². The lowest BCUT2D eigenvalue weighted by atomic mass is 10.2. The summed E-state index contributed by atoms with van der Waals surface area (Å²) in [6.07, 6.45) is 1.97. The summed E-state index contributed by atoms with van der Waals surface area (Å²) in [4.78, 5) is 13.5. The minimum absolute atomic E-state index is 0.0119. The maximum absolute atomic E-state index is 11.7. The zero-order chi connectivity index (χ0) is 11.1. The van der Waals surface area contributed by atoms with E-state index in [4.69, 9.17) is 10.5 Å². The summed E-state index contributed by atoms with van der Waals surface area (Å²) >= 11 is 0. The van der Waals surface area contributed by atoms with Gasteiger partial charge >= 0.3 is 6.03 Å². The third kappa shape index (κ3) is 4.05. The lowest BCUT2D eigenvalue weighted by molar-refractivity contribution is 0.0525. The van der Waals surface area contributed by atoms with E-state index in [1.807, 2.05) is 0 Å². The molecule has 0 bridgehead atoms. The molecule has 0 aromatic rings. The summed E-state index contributed by atoms with van der Waals surface area (Å²) in [6.45, 7) is 5.21. The third-order valence-electron chi connectivity index (χ3n) is 2.55. The van der Waals surface area contributed by atoms with Crippen molar-refractivity contribution in [1.29, 1.82) is 0 Å². The normalized spacial score (nSPS) is 18.7. The van der Waals surface area contributed by atoms with Gasteiger partial charge in [0.25, 0.3) is 0 Å². The van der Waals surface area contributed by atoms with Gasteiger partial charge in [0.1, 0.15) is 0 Å². The van der Waals surface area contributed by atoms with E-state index in [0.717, 1.165) is 12.8 Å². The van der Waals surface area contributed by atoms with E-state index in [1.54, 1.807) is 4.90 Å². The molecule has 88 valence electrons. The fourth-order valence-electron chi connectivity index (χ4n) is 1.63. The molecule has 0 saturated carbocycles. The van der Waals surface area contributed by atoms with E-state index in [-0.39, 0.29) is 12.1 Å². The summed E-state index contributed by atoms with van der Waals surface area (Å²) in [6, 6.07) is 0.0903. The number of nitrogens with one attached hydrogen (secondary N) is 1. The Morgan fingerprint density at radius 3 is 2.73 bits per heavy atom. The van der Waals surface area contributed by atoms with E-state index in [0.29, 0.717) is 32.8 Å². The lowest BCUT2D eigenvalue weighted by Crippen LogP contribution is -2.50. The molecule has 2 amide bonds. The molecule has 1 heterocycles. The van der Waals surface area contributed by atoms with E-state index in [9.17, 15) is 4.79 Å². The van der Waals surface area contributed by atoms with E-state index < -0.39 is 0 Å². The number of amides is 2. The van der Waals surface area contributed by atoms with Crippen molar-refractivity contribution in [3.05, 3.63) is 0 Å². The Hall–Kier alpha value is -0.810. The Balaban J connectivity index is 2.31. The quantitative estimate of drug-likeness (QED) is 0.701. The van der Waals surface area contributed by atoms with Crippen LogP contribution in [0.3, 0.4) is 0 Å². The highest BCUT2D eigenvalue weighted by Gasteiger charge is 2.18.